The number of nitrogens with one attached hydrogen (secondary N) is 2. The first-order valence-corrected chi connectivity index (χ1v) is 8.85. The minimum absolute atomic E-state index is 0.0456. The molecule has 27 heavy (non-hydrogen) atoms. The van der Waals surface area contributed by atoms with Crippen LogP contribution in [-0.4, -0.2) is 55.0 Å². The predicted molar refractivity (Wildman–Crippen MR) is 93.8 cm³/mol. The van der Waals surface area contributed by atoms with Crippen LogP contribution in [0.1, 0.15) is 32.1 Å². The minimum atomic E-state index is -0.737. The van der Waals surface area contributed by atoms with Crippen molar-refractivity contribution in [2.45, 2.75) is 37.6 Å². The van der Waals surface area contributed by atoms with E-state index in [-0.39, 0.29) is 24.8 Å². The van der Waals surface area contributed by atoms with Crippen molar-refractivity contribution in [1.82, 2.24) is 30.4 Å². The van der Waals surface area contributed by atoms with Gasteiger partial charge in [-0.1, -0.05) is 12.8 Å². The number of urea groups is 1. The first kappa shape index (κ1) is 17.1. The second kappa shape index (κ2) is 6.78. The lowest BCUT2D eigenvalue weighted by atomic mass is 9.98. The van der Waals surface area contributed by atoms with Crippen LogP contribution >= 0.6 is 0 Å². The van der Waals surface area contributed by atoms with Gasteiger partial charge >= 0.3 is 6.03 Å². The average Bonchev–Trinajstić information content (AvgIpc) is 3.38. The van der Waals surface area contributed by atoms with Crippen LogP contribution in [0, 0.1) is 0 Å². The van der Waals surface area contributed by atoms with Crippen LogP contribution in [-0.2, 0) is 9.59 Å². The van der Waals surface area contributed by atoms with Gasteiger partial charge in [0.05, 0.1) is 5.69 Å². The molecule has 2 heterocycles. The number of hydrogen-bond acceptors (Lipinski definition) is 6. The molecule has 0 bridgehead atoms. The standard InChI is InChI=1S/C17H19N7O3/c25-14(19-12-3-5-13(6-4-12)24-11-18-21-22-24)7-10-23-15(26)17(20-16(23)27)8-1-2-9-17/h3-6,11H,1-2,7-10H2,(H,19,25)(H,20,27). The van der Waals surface area contributed by atoms with Crippen LogP contribution in [0.5, 0.6) is 0 Å². The van der Waals surface area contributed by atoms with Gasteiger partial charge in [0.25, 0.3) is 5.91 Å². The molecule has 2 aliphatic rings. The third kappa shape index (κ3) is 3.25. The van der Waals surface area contributed by atoms with E-state index in [2.05, 4.69) is 26.2 Å². The monoisotopic (exact) mass is 369 g/mol. The Kier molecular flexibility index (Phi) is 4.30. The van der Waals surface area contributed by atoms with Gasteiger partial charge in [0.1, 0.15) is 11.9 Å². The number of hydrogen-bond donors (Lipinski definition) is 2. The molecule has 0 unspecified atom stereocenters. The summed E-state index contributed by atoms with van der Waals surface area (Å²) in [5.41, 5.74) is 0.639. The van der Waals surface area contributed by atoms with Crippen LogP contribution in [0.25, 0.3) is 5.69 Å². The number of tetrazole rings is 1. The lowest BCUT2D eigenvalue weighted by Crippen LogP contribution is -2.44. The third-order valence-electron chi connectivity index (χ3n) is 5.03. The topological polar surface area (TPSA) is 122 Å². The molecule has 0 atom stereocenters. The molecular weight excluding hydrogens is 350 g/mol. The number of amides is 4. The van der Waals surface area contributed by atoms with E-state index < -0.39 is 11.6 Å². The van der Waals surface area contributed by atoms with Gasteiger partial charge in [-0.15, -0.1) is 5.10 Å². The summed E-state index contributed by atoms with van der Waals surface area (Å²) < 4.78 is 1.50. The molecule has 1 spiro atoms. The first-order chi connectivity index (χ1) is 13.1. The third-order valence-corrected chi connectivity index (χ3v) is 5.03. The first-order valence-electron chi connectivity index (χ1n) is 8.85. The molecule has 1 aliphatic carbocycles. The molecule has 2 N–H and O–H groups in total. The summed E-state index contributed by atoms with van der Waals surface area (Å²) in [6.07, 6.45) is 4.73. The minimum Gasteiger partial charge on any atom is -0.326 e. The maximum Gasteiger partial charge on any atom is 0.325 e. The second-order valence-corrected chi connectivity index (χ2v) is 6.78. The Morgan fingerprint density at radius 3 is 2.59 bits per heavy atom. The molecular formula is C17H19N7O3. The van der Waals surface area contributed by atoms with E-state index >= 15 is 0 Å². The van der Waals surface area contributed by atoms with Crippen molar-refractivity contribution < 1.29 is 14.4 Å². The summed E-state index contributed by atoms with van der Waals surface area (Å²) in [6, 6.07) is 6.60. The SMILES string of the molecule is O=C(CCN1C(=O)NC2(CCCC2)C1=O)Nc1ccc(-n2cnnn2)cc1. The number of carbonyl (C=O) groups excluding carboxylic acids is 3. The van der Waals surface area contributed by atoms with Crippen LogP contribution in [0.15, 0.2) is 30.6 Å². The van der Waals surface area contributed by atoms with Crippen molar-refractivity contribution in [3.8, 4) is 5.69 Å². The molecule has 0 radical (unpaired) electrons. The maximum absolute atomic E-state index is 12.6. The van der Waals surface area contributed by atoms with E-state index in [1.165, 1.54) is 11.0 Å². The van der Waals surface area contributed by atoms with Crippen molar-refractivity contribution in [1.29, 1.82) is 0 Å². The molecule has 1 aromatic heterocycles. The Bertz CT molecular complexity index is 857. The molecule has 2 fully saturated rings. The summed E-state index contributed by atoms with van der Waals surface area (Å²) in [5.74, 6) is -0.471. The fourth-order valence-electron chi connectivity index (χ4n) is 3.61. The van der Waals surface area contributed by atoms with E-state index in [4.69, 9.17) is 0 Å². The molecule has 4 amide bonds. The van der Waals surface area contributed by atoms with Crippen LogP contribution in [0.2, 0.25) is 0 Å². The van der Waals surface area contributed by atoms with Gasteiger partial charge in [0.2, 0.25) is 5.91 Å². The van der Waals surface area contributed by atoms with Crippen LogP contribution < -0.4 is 10.6 Å². The van der Waals surface area contributed by atoms with Gasteiger partial charge < -0.3 is 10.6 Å². The molecule has 1 saturated carbocycles. The summed E-state index contributed by atoms with van der Waals surface area (Å²) in [6.45, 7) is 0.0704. The lowest BCUT2D eigenvalue weighted by Gasteiger charge is -2.19. The Labute approximate surface area is 154 Å². The van der Waals surface area contributed by atoms with Gasteiger partial charge in [-0.2, -0.15) is 0 Å². The molecule has 1 saturated heterocycles. The Morgan fingerprint density at radius 2 is 1.93 bits per heavy atom. The molecule has 4 rings (SSSR count). The van der Waals surface area contributed by atoms with Crippen molar-refractivity contribution in [2.75, 3.05) is 11.9 Å². The van der Waals surface area contributed by atoms with Crippen molar-refractivity contribution >= 4 is 23.5 Å². The maximum atomic E-state index is 12.6. The van der Waals surface area contributed by atoms with Crippen molar-refractivity contribution in [3.05, 3.63) is 30.6 Å². The number of benzene rings is 1. The number of aromatic nitrogens is 4. The zero-order valence-corrected chi connectivity index (χ0v) is 14.6. The molecule has 10 heteroatoms. The normalized spacial score (nSPS) is 18.1. The van der Waals surface area contributed by atoms with Gasteiger partial charge in [0.15, 0.2) is 0 Å². The fraction of sp³-hybridized carbons (Fsp3) is 0.412. The number of nitrogens with zero attached hydrogens (tertiary/aromatic N) is 5. The number of carbonyl (C=O) groups is 3. The van der Waals surface area contributed by atoms with Crippen molar-refractivity contribution in [3.63, 3.8) is 0 Å². The zero-order chi connectivity index (χ0) is 18.9. The van der Waals surface area contributed by atoms with Gasteiger partial charge in [0, 0.05) is 18.7 Å². The number of imide groups is 1. The summed E-state index contributed by atoms with van der Waals surface area (Å²) >= 11 is 0. The molecule has 140 valence electrons. The smallest absolute Gasteiger partial charge is 0.325 e. The Morgan fingerprint density at radius 1 is 1.19 bits per heavy atom. The summed E-state index contributed by atoms with van der Waals surface area (Å²) in [7, 11) is 0. The van der Waals surface area contributed by atoms with E-state index in [9.17, 15) is 14.4 Å². The van der Waals surface area contributed by atoms with E-state index in [0.29, 0.717) is 18.5 Å². The summed E-state index contributed by atoms with van der Waals surface area (Å²) in [4.78, 5) is 38.0. The summed E-state index contributed by atoms with van der Waals surface area (Å²) in [5, 5.41) is 16.5. The van der Waals surface area contributed by atoms with Crippen LogP contribution in [0.3, 0.4) is 0 Å². The fourth-order valence-corrected chi connectivity index (χ4v) is 3.61. The second-order valence-electron chi connectivity index (χ2n) is 6.78. The molecule has 2 aromatic rings. The Balaban J connectivity index is 1.32. The van der Waals surface area contributed by atoms with Gasteiger partial charge in [-0.3, -0.25) is 14.5 Å². The van der Waals surface area contributed by atoms with Gasteiger partial charge in [-0.25, -0.2) is 9.48 Å². The van der Waals surface area contributed by atoms with E-state index in [0.717, 1.165) is 23.4 Å². The average molecular weight is 369 g/mol. The molecule has 1 aliphatic heterocycles. The largest absolute Gasteiger partial charge is 0.326 e. The highest BCUT2D eigenvalue weighted by atomic mass is 16.2. The predicted octanol–water partition coefficient (Wildman–Crippen LogP) is 0.855. The lowest BCUT2D eigenvalue weighted by molar-refractivity contribution is -0.131. The van der Waals surface area contributed by atoms with Gasteiger partial charge in [-0.05, 0) is 47.5 Å². The van der Waals surface area contributed by atoms with E-state index in [1.54, 1.807) is 24.3 Å². The molecule has 1 aromatic carbocycles. The Hall–Kier alpha value is -3.30. The number of rotatable bonds is 5. The quantitative estimate of drug-likeness (QED) is 0.754. The highest BCUT2D eigenvalue weighted by Gasteiger charge is 2.52. The highest BCUT2D eigenvalue weighted by Crippen LogP contribution is 2.35. The molecule has 10 nitrogen and oxygen atoms in total. The van der Waals surface area contributed by atoms with Crippen molar-refractivity contribution in [2.24, 2.45) is 0 Å². The zero-order valence-electron chi connectivity index (χ0n) is 14.6. The van der Waals surface area contributed by atoms with Crippen LogP contribution in [0.4, 0.5) is 10.5 Å². The highest BCUT2D eigenvalue weighted by molar-refractivity contribution is 6.07. The number of anilines is 1. The van der Waals surface area contributed by atoms with E-state index in [1.807, 2.05) is 0 Å².